The molecule has 2 rings (SSSR count). The predicted molar refractivity (Wildman–Crippen MR) is 64.6 cm³/mol. The van der Waals surface area contributed by atoms with Crippen molar-refractivity contribution in [3.05, 3.63) is 35.4 Å². The van der Waals surface area contributed by atoms with Gasteiger partial charge in [-0.2, -0.15) is 0 Å². The number of hydrogen-bond donors (Lipinski definition) is 0. The Kier molecular flexibility index (Phi) is 3.51. The average molecular weight is 237 g/mol. The van der Waals surface area contributed by atoms with E-state index in [1.807, 2.05) is 16.4 Å². The third kappa shape index (κ3) is 2.39. The zero-order chi connectivity index (χ0) is 11.5. The van der Waals surface area contributed by atoms with Gasteiger partial charge in [0.05, 0.1) is 11.0 Å². The Bertz CT molecular complexity index is 396. The summed E-state index contributed by atoms with van der Waals surface area (Å²) < 4.78 is 13.1. The van der Waals surface area contributed by atoms with Gasteiger partial charge in [0.1, 0.15) is 6.29 Å². The van der Waals surface area contributed by atoms with Gasteiger partial charge in [0, 0.05) is 31.7 Å². The van der Waals surface area contributed by atoms with Crippen molar-refractivity contribution in [2.45, 2.75) is 12.3 Å². The molecule has 4 heteroatoms. The van der Waals surface area contributed by atoms with Crippen LogP contribution in [0.5, 0.6) is 0 Å². The van der Waals surface area contributed by atoms with Gasteiger partial charge in [-0.05, 0) is 11.1 Å². The molecular formula is C12H15NO2S. The highest BCUT2D eigenvalue weighted by Crippen LogP contribution is 2.27. The molecule has 1 aliphatic heterocycles. The Morgan fingerprint density at radius 3 is 2.50 bits per heavy atom. The molecule has 0 saturated carbocycles. The standard InChI is InChI=1S/C12H15NO2S/c1-16(15)13-8-12(9-13)11-4-2-10(3-5-11)6-7-14/h2-5,7,12H,6,8-9H2,1H3. The Labute approximate surface area is 98.0 Å². The average Bonchev–Trinajstić information content (AvgIpc) is 2.18. The number of benzene rings is 1. The minimum atomic E-state index is -0.838. The van der Waals surface area contributed by atoms with Gasteiger partial charge in [0.15, 0.2) is 0 Å². The second-order valence-electron chi connectivity index (χ2n) is 4.08. The van der Waals surface area contributed by atoms with Crippen LogP contribution >= 0.6 is 0 Å². The molecule has 1 aliphatic rings. The lowest BCUT2D eigenvalue weighted by atomic mass is 9.93. The van der Waals surface area contributed by atoms with Crippen molar-refractivity contribution in [3.8, 4) is 0 Å². The largest absolute Gasteiger partial charge is 0.303 e. The number of hydrogen-bond acceptors (Lipinski definition) is 2. The van der Waals surface area contributed by atoms with E-state index in [4.69, 9.17) is 0 Å². The van der Waals surface area contributed by atoms with Crippen LogP contribution in [0.15, 0.2) is 24.3 Å². The molecule has 0 aliphatic carbocycles. The Balaban J connectivity index is 1.96. The molecule has 3 nitrogen and oxygen atoms in total. The van der Waals surface area contributed by atoms with Crippen LogP contribution in [-0.2, 0) is 22.2 Å². The van der Waals surface area contributed by atoms with Crippen molar-refractivity contribution >= 4 is 17.3 Å². The molecule has 0 N–H and O–H groups in total. The third-order valence-electron chi connectivity index (χ3n) is 2.98. The van der Waals surface area contributed by atoms with Crippen LogP contribution in [0, 0.1) is 0 Å². The minimum Gasteiger partial charge on any atom is -0.303 e. The van der Waals surface area contributed by atoms with Crippen LogP contribution in [0.4, 0.5) is 0 Å². The molecule has 86 valence electrons. The first kappa shape index (κ1) is 11.5. The van der Waals surface area contributed by atoms with Gasteiger partial charge >= 0.3 is 0 Å². The van der Waals surface area contributed by atoms with E-state index in [9.17, 15) is 9.00 Å². The van der Waals surface area contributed by atoms with E-state index in [2.05, 4.69) is 12.1 Å². The van der Waals surface area contributed by atoms with Gasteiger partial charge in [0.2, 0.25) is 0 Å². The zero-order valence-corrected chi connectivity index (χ0v) is 10.1. The molecule has 1 atom stereocenters. The molecule has 1 saturated heterocycles. The van der Waals surface area contributed by atoms with E-state index < -0.39 is 11.0 Å². The molecule has 1 fully saturated rings. The number of carbonyl (C=O) groups is 1. The maximum atomic E-state index is 11.1. The van der Waals surface area contributed by atoms with E-state index in [-0.39, 0.29) is 0 Å². The maximum absolute atomic E-state index is 11.1. The first-order valence-electron chi connectivity index (χ1n) is 5.31. The van der Waals surface area contributed by atoms with Crippen LogP contribution in [-0.4, -0.2) is 34.1 Å². The second kappa shape index (κ2) is 4.89. The molecule has 1 heterocycles. The summed E-state index contributed by atoms with van der Waals surface area (Å²) in [6, 6.07) is 8.13. The van der Waals surface area contributed by atoms with Crippen LogP contribution < -0.4 is 0 Å². The van der Waals surface area contributed by atoms with Gasteiger partial charge < -0.3 is 4.79 Å². The summed E-state index contributed by atoms with van der Waals surface area (Å²) in [6.07, 6.45) is 3.11. The Morgan fingerprint density at radius 1 is 1.38 bits per heavy atom. The highest BCUT2D eigenvalue weighted by Gasteiger charge is 2.29. The topological polar surface area (TPSA) is 37.4 Å². The molecule has 16 heavy (non-hydrogen) atoms. The van der Waals surface area contributed by atoms with E-state index in [0.29, 0.717) is 12.3 Å². The highest BCUT2D eigenvalue weighted by molar-refractivity contribution is 7.81. The molecule has 0 aromatic heterocycles. The molecule has 1 aromatic carbocycles. The fourth-order valence-corrected chi connectivity index (χ4v) is 2.66. The SMILES string of the molecule is CS(=O)N1CC(c2ccc(CC=O)cc2)C1. The summed E-state index contributed by atoms with van der Waals surface area (Å²) in [5.74, 6) is 0.495. The van der Waals surface area contributed by atoms with Gasteiger partial charge in [-0.25, -0.2) is 8.51 Å². The molecule has 0 radical (unpaired) electrons. The van der Waals surface area contributed by atoms with Gasteiger partial charge in [-0.3, -0.25) is 0 Å². The Morgan fingerprint density at radius 2 is 2.00 bits per heavy atom. The fraction of sp³-hybridized carbons (Fsp3) is 0.417. The van der Waals surface area contributed by atoms with Crippen molar-refractivity contribution < 1.29 is 9.00 Å². The van der Waals surface area contributed by atoms with Gasteiger partial charge in [0.25, 0.3) is 0 Å². The summed E-state index contributed by atoms with van der Waals surface area (Å²) in [5, 5.41) is 0. The lowest BCUT2D eigenvalue weighted by molar-refractivity contribution is -0.107. The van der Waals surface area contributed by atoms with Gasteiger partial charge in [-0.1, -0.05) is 24.3 Å². The predicted octanol–water partition coefficient (Wildman–Crippen LogP) is 1.12. The van der Waals surface area contributed by atoms with Crippen molar-refractivity contribution in [1.82, 2.24) is 4.31 Å². The molecule has 0 bridgehead atoms. The lowest BCUT2D eigenvalue weighted by Gasteiger charge is -2.37. The van der Waals surface area contributed by atoms with E-state index in [1.54, 1.807) is 6.26 Å². The van der Waals surface area contributed by atoms with Crippen molar-refractivity contribution in [1.29, 1.82) is 0 Å². The van der Waals surface area contributed by atoms with Crippen LogP contribution in [0.25, 0.3) is 0 Å². The summed E-state index contributed by atoms with van der Waals surface area (Å²) in [4.78, 5) is 10.3. The smallest absolute Gasteiger partial charge is 0.124 e. The van der Waals surface area contributed by atoms with E-state index >= 15 is 0 Å². The Hall–Kier alpha value is -1.00. The van der Waals surface area contributed by atoms with Crippen LogP contribution in [0.3, 0.4) is 0 Å². The lowest BCUT2D eigenvalue weighted by Crippen LogP contribution is -2.45. The number of nitrogens with zero attached hydrogens (tertiary/aromatic N) is 1. The summed E-state index contributed by atoms with van der Waals surface area (Å²) in [5.41, 5.74) is 2.32. The fourth-order valence-electron chi connectivity index (χ4n) is 1.88. The van der Waals surface area contributed by atoms with E-state index in [1.165, 1.54) is 5.56 Å². The van der Waals surface area contributed by atoms with Crippen molar-refractivity contribution in [2.75, 3.05) is 19.3 Å². The first-order valence-corrected chi connectivity index (χ1v) is 6.83. The highest BCUT2D eigenvalue weighted by atomic mass is 32.2. The first-order chi connectivity index (χ1) is 7.70. The normalized spacial score (nSPS) is 19.1. The quantitative estimate of drug-likeness (QED) is 0.736. The summed E-state index contributed by atoms with van der Waals surface area (Å²) in [6.45, 7) is 1.74. The number of aldehydes is 1. The number of carbonyl (C=O) groups excluding carboxylic acids is 1. The molecule has 0 amide bonds. The second-order valence-corrected chi connectivity index (χ2v) is 5.44. The molecule has 0 spiro atoms. The van der Waals surface area contributed by atoms with Crippen LogP contribution in [0.2, 0.25) is 0 Å². The van der Waals surface area contributed by atoms with Crippen LogP contribution in [0.1, 0.15) is 17.0 Å². The zero-order valence-electron chi connectivity index (χ0n) is 9.26. The molecule has 1 unspecified atom stereocenters. The number of rotatable bonds is 4. The molecule has 1 aromatic rings. The maximum Gasteiger partial charge on any atom is 0.124 e. The van der Waals surface area contributed by atoms with Crippen molar-refractivity contribution in [3.63, 3.8) is 0 Å². The molecular weight excluding hydrogens is 222 g/mol. The summed E-state index contributed by atoms with van der Waals surface area (Å²) in [7, 11) is -0.838. The summed E-state index contributed by atoms with van der Waals surface area (Å²) >= 11 is 0. The van der Waals surface area contributed by atoms with E-state index in [0.717, 1.165) is 24.9 Å². The monoisotopic (exact) mass is 237 g/mol. The minimum absolute atomic E-state index is 0.482. The van der Waals surface area contributed by atoms with Crippen molar-refractivity contribution in [2.24, 2.45) is 0 Å². The third-order valence-corrected chi connectivity index (χ3v) is 4.01. The van der Waals surface area contributed by atoms with Gasteiger partial charge in [-0.15, -0.1) is 0 Å².